The van der Waals surface area contributed by atoms with Crippen LogP contribution in [0.2, 0.25) is 0 Å². The van der Waals surface area contributed by atoms with Crippen molar-refractivity contribution in [1.29, 1.82) is 0 Å². The summed E-state index contributed by atoms with van der Waals surface area (Å²) in [6.07, 6.45) is 5.88. The van der Waals surface area contributed by atoms with Crippen molar-refractivity contribution in [1.82, 2.24) is 9.55 Å². The number of hydrogen-bond donors (Lipinski definition) is 0. The normalized spacial score (nSPS) is 10.2. The third-order valence-corrected chi connectivity index (χ3v) is 2.19. The second-order valence-corrected chi connectivity index (χ2v) is 3.52. The second-order valence-electron chi connectivity index (χ2n) is 3.52. The summed E-state index contributed by atoms with van der Waals surface area (Å²) in [5.74, 6) is 0.186. The molecule has 2 aromatic rings. The Hall–Kier alpha value is -1.90. The zero-order valence-electron chi connectivity index (χ0n) is 8.55. The van der Waals surface area contributed by atoms with Gasteiger partial charge >= 0.3 is 0 Å². The van der Waals surface area contributed by atoms with E-state index >= 15 is 0 Å². The summed E-state index contributed by atoms with van der Waals surface area (Å²) in [6, 6.07) is 7.91. The molecule has 0 atom stereocenters. The molecule has 0 unspecified atom stereocenters. The highest BCUT2D eigenvalue weighted by Crippen LogP contribution is 2.09. The molecule has 0 saturated carbocycles. The fourth-order valence-corrected chi connectivity index (χ4v) is 1.49. The lowest BCUT2D eigenvalue weighted by Gasteiger charge is -2.03. The summed E-state index contributed by atoms with van der Waals surface area (Å²) in [6.45, 7) is 1.60. The molecule has 0 fully saturated rings. The van der Waals surface area contributed by atoms with Crippen molar-refractivity contribution in [2.24, 2.45) is 0 Å². The van der Waals surface area contributed by atoms with E-state index in [1.54, 1.807) is 19.4 Å². The number of nitrogens with zero attached hydrogens (tertiary/aromatic N) is 2. The van der Waals surface area contributed by atoms with Crippen LogP contribution in [-0.2, 0) is 11.2 Å². The molecular weight excluding hydrogens is 188 g/mol. The smallest absolute Gasteiger partial charge is 0.134 e. The second kappa shape index (κ2) is 4.09. The summed E-state index contributed by atoms with van der Waals surface area (Å²) < 4.78 is 1.93. The van der Waals surface area contributed by atoms with Crippen LogP contribution in [0.1, 0.15) is 12.5 Å². The van der Waals surface area contributed by atoms with Gasteiger partial charge in [-0.2, -0.15) is 0 Å². The van der Waals surface area contributed by atoms with Crippen molar-refractivity contribution in [3.8, 4) is 5.69 Å². The van der Waals surface area contributed by atoms with Gasteiger partial charge in [-0.3, -0.25) is 4.79 Å². The van der Waals surface area contributed by atoms with Crippen molar-refractivity contribution in [2.75, 3.05) is 0 Å². The van der Waals surface area contributed by atoms with Crippen molar-refractivity contribution in [2.45, 2.75) is 13.3 Å². The van der Waals surface area contributed by atoms with Crippen LogP contribution in [0.5, 0.6) is 0 Å². The van der Waals surface area contributed by atoms with E-state index in [9.17, 15) is 4.79 Å². The number of rotatable bonds is 3. The summed E-state index contributed by atoms with van der Waals surface area (Å²) in [5, 5.41) is 0. The molecule has 0 spiro atoms. The standard InChI is InChI=1S/C12H12N2O/c1-10(15)8-11-2-4-12(5-3-11)14-7-6-13-9-14/h2-7,9H,8H2,1H3. The summed E-state index contributed by atoms with van der Waals surface area (Å²) in [4.78, 5) is 14.9. The number of carbonyl (C=O) groups is 1. The first-order chi connectivity index (χ1) is 7.25. The van der Waals surface area contributed by atoms with Crippen molar-refractivity contribution in [3.05, 3.63) is 48.5 Å². The fraction of sp³-hybridized carbons (Fsp3) is 0.167. The van der Waals surface area contributed by atoms with Crippen molar-refractivity contribution >= 4 is 5.78 Å². The molecule has 0 radical (unpaired) electrons. The molecule has 0 saturated heterocycles. The van der Waals surface area contributed by atoms with Crippen LogP contribution in [0.25, 0.3) is 5.69 Å². The Bertz CT molecular complexity index is 443. The number of hydrogen-bond acceptors (Lipinski definition) is 2. The monoisotopic (exact) mass is 200 g/mol. The van der Waals surface area contributed by atoms with Gasteiger partial charge in [-0.05, 0) is 24.6 Å². The van der Waals surface area contributed by atoms with Gasteiger partial charge in [0.1, 0.15) is 5.78 Å². The Labute approximate surface area is 88.4 Å². The van der Waals surface area contributed by atoms with Gasteiger partial charge in [-0.15, -0.1) is 0 Å². The number of carbonyl (C=O) groups excluding carboxylic acids is 1. The van der Waals surface area contributed by atoms with E-state index in [-0.39, 0.29) is 5.78 Å². The fourth-order valence-electron chi connectivity index (χ4n) is 1.49. The highest BCUT2D eigenvalue weighted by molar-refractivity contribution is 5.78. The average Bonchev–Trinajstić information content (AvgIpc) is 2.71. The average molecular weight is 200 g/mol. The minimum atomic E-state index is 0.186. The number of imidazole rings is 1. The van der Waals surface area contributed by atoms with Crippen LogP contribution in [0.4, 0.5) is 0 Å². The number of Topliss-reactive ketones (excluding diaryl/α,β-unsaturated/α-hetero) is 1. The molecule has 0 aliphatic heterocycles. The Balaban J connectivity index is 2.21. The number of benzene rings is 1. The topological polar surface area (TPSA) is 34.9 Å². The number of ketones is 1. The molecule has 1 heterocycles. The third kappa shape index (κ3) is 2.31. The van der Waals surface area contributed by atoms with E-state index in [0.29, 0.717) is 6.42 Å². The molecule has 2 rings (SSSR count). The maximum atomic E-state index is 10.9. The molecule has 0 aliphatic rings. The summed E-state index contributed by atoms with van der Waals surface area (Å²) in [5.41, 5.74) is 2.10. The molecule has 0 N–H and O–H groups in total. The largest absolute Gasteiger partial charge is 0.306 e. The SMILES string of the molecule is CC(=O)Cc1ccc(-n2ccnc2)cc1. The van der Waals surface area contributed by atoms with E-state index in [1.165, 1.54) is 0 Å². The Morgan fingerprint density at radius 1 is 1.33 bits per heavy atom. The van der Waals surface area contributed by atoms with Gasteiger partial charge in [-0.1, -0.05) is 12.1 Å². The lowest BCUT2D eigenvalue weighted by Crippen LogP contribution is -1.97. The lowest BCUT2D eigenvalue weighted by molar-refractivity contribution is -0.116. The lowest BCUT2D eigenvalue weighted by atomic mass is 10.1. The van der Waals surface area contributed by atoms with E-state index in [1.807, 2.05) is 35.0 Å². The third-order valence-electron chi connectivity index (χ3n) is 2.19. The minimum absolute atomic E-state index is 0.186. The van der Waals surface area contributed by atoms with Crippen LogP contribution in [0.3, 0.4) is 0 Å². The van der Waals surface area contributed by atoms with E-state index < -0.39 is 0 Å². The van der Waals surface area contributed by atoms with Gasteiger partial charge in [0.25, 0.3) is 0 Å². The summed E-state index contributed by atoms with van der Waals surface area (Å²) >= 11 is 0. The van der Waals surface area contributed by atoms with Crippen LogP contribution >= 0.6 is 0 Å². The van der Waals surface area contributed by atoms with Crippen molar-refractivity contribution < 1.29 is 4.79 Å². The van der Waals surface area contributed by atoms with Crippen LogP contribution < -0.4 is 0 Å². The van der Waals surface area contributed by atoms with E-state index in [2.05, 4.69) is 4.98 Å². The molecule has 15 heavy (non-hydrogen) atoms. The van der Waals surface area contributed by atoms with Gasteiger partial charge in [0, 0.05) is 24.5 Å². The molecule has 76 valence electrons. The number of aromatic nitrogens is 2. The quantitative estimate of drug-likeness (QED) is 0.759. The molecule has 1 aromatic heterocycles. The zero-order chi connectivity index (χ0) is 10.7. The molecule has 3 heteroatoms. The molecule has 1 aromatic carbocycles. The minimum Gasteiger partial charge on any atom is -0.306 e. The first-order valence-corrected chi connectivity index (χ1v) is 4.82. The zero-order valence-corrected chi connectivity index (χ0v) is 8.55. The predicted molar refractivity (Wildman–Crippen MR) is 57.9 cm³/mol. The van der Waals surface area contributed by atoms with Gasteiger partial charge in [0.05, 0.1) is 6.33 Å². The van der Waals surface area contributed by atoms with Gasteiger partial charge in [-0.25, -0.2) is 4.98 Å². The molecule has 3 nitrogen and oxygen atoms in total. The van der Waals surface area contributed by atoms with E-state index in [4.69, 9.17) is 0 Å². The van der Waals surface area contributed by atoms with Crippen LogP contribution in [-0.4, -0.2) is 15.3 Å². The van der Waals surface area contributed by atoms with Gasteiger partial charge in [0.2, 0.25) is 0 Å². The Kier molecular flexibility index (Phi) is 2.63. The summed E-state index contributed by atoms with van der Waals surface area (Å²) in [7, 11) is 0. The van der Waals surface area contributed by atoms with Crippen molar-refractivity contribution in [3.63, 3.8) is 0 Å². The van der Waals surface area contributed by atoms with Gasteiger partial charge in [0.15, 0.2) is 0 Å². The molecule has 0 aliphatic carbocycles. The first-order valence-electron chi connectivity index (χ1n) is 4.82. The molecular formula is C12H12N2O. The highest BCUT2D eigenvalue weighted by Gasteiger charge is 1.98. The predicted octanol–water partition coefficient (Wildman–Crippen LogP) is 2.00. The maximum Gasteiger partial charge on any atom is 0.134 e. The molecule has 0 amide bonds. The Morgan fingerprint density at radius 2 is 2.07 bits per heavy atom. The highest BCUT2D eigenvalue weighted by atomic mass is 16.1. The maximum absolute atomic E-state index is 10.9. The van der Waals surface area contributed by atoms with Crippen LogP contribution in [0, 0.1) is 0 Å². The van der Waals surface area contributed by atoms with Gasteiger partial charge < -0.3 is 4.57 Å². The van der Waals surface area contributed by atoms with Crippen LogP contribution in [0.15, 0.2) is 43.0 Å². The van der Waals surface area contributed by atoms with E-state index in [0.717, 1.165) is 11.3 Å². The first kappa shape index (κ1) is 9.65. The Morgan fingerprint density at radius 3 is 2.60 bits per heavy atom. The molecule has 0 bridgehead atoms.